The van der Waals surface area contributed by atoms with Crippen molar-refractivity contribution in [3.05, 3.63) is 29.0 Å². The smallest absolute Gasteiger partial charge is 0.414 e. The molecule has 2 heterocycles. The van der Waals surface area contributed by atoms with Crippen molar-refractivity contribution in [2.24, 2.45) is 11.8 Å². The zero-order chi connectivity index (χ0) is 19.7. The zero-order valence-electron chi connectivity index (χ0n) is 16.6. The molecule has 1 N–H and O–H groups in total. The van der Waals surface area contributed by atoms with Gasteiger partial charge in [-0.15, -0.1) is 0 Å². The molecule has 0 aliphatic carbocycles. The van der Waals surface area contributed by atoms with E-state index in [1.54, 1.807) is 6.07 Å². The summed E-state index contributed by atoms with van der Waals surface area (Å²) in [5.74, 6) is 0.909. The Bertz CT molecular complexity index is 655. The van der Waals surface area contributed by atoms with Crippen molar-refractivity contribution in [2.75, 3.05) is 26.2 Å². The number of amides is 1. The summed E-state index contributed by atoms with van der Waals surface area (Å²) in [5, 5.41) is 3.73. The number of rotatable bonds is 2. The summed E-state index contributed by atoms with van der Waals surface area (Å²) < 4.78 is 19.8. The van der Waals surface area contributed by atoms with Crippen molar-refractivity contribution in [3.63, 3.8) is 0 Å². The van der Waals surface area contributed by atoms with Gasteiger partial charge in [0.25, 0.3) is 0 Å². The molecule has 0 radical (unpaired) electrons. The van der Waals surface area contributed by atoms with E-state index in [4.69, 9.17) is 16.3 Å². The Morgan fingerprint density at radius 3 is 2.26 bits per heavy atom. The van der Waals surface area contributed by atoms with Crippen molar-refractivity contribution in [2.45, 2.75) is 52.1 Å². The van der Waals surface area contributed by atoms with Gasteiger partial charge in [0, 0.05) is 30.0 Å². The van der Waals surface area contributed by atoms with Crippen LogP contribution in [0.1, 0.15) is 46.5 Å². The molecule has 3 rings (SSSR count). The molecule has 0 atom stereocenters. The molecule has 0 saturated carbocycles. The van der Waals surface area contributed by atoms with E-state index < -0.39 is 11.4 Å². The van der Waals surface area contributed by atoms with Gasteiger partial charge in [-0.3, -0.25) is 0 Å². The minimum Gasteiger partial charge on any atom is -0.414 e. The molecule has 0 aromatic heterocycles. The average Bonchev–Trinajstić information content (AvgIpc) is 2.60. The Balaban J connectivity index is 1.86. The predicted molar refractivity (Wildman–Crippen MR) is 107 cm³/mol. The molecule has 2 aliphatic rings. The van der Waals surface area contributed by atoms with Crippen LogP contribution in [0.25, 0.3) is 0 Å². The second kappa shape index (κ2) is 8.06. The van der Waals surface area contributed by atoms with Gasteiger partial charge >= 0.3 is 6.09 Å². The van der Waals surface area contributed by atoms with Crippen LogP contribution in [0, 0.1) is 17.7 Å². The summed E-state index contributed by atoms with van der Waals surface area (Å²) in [4.78, 5) is 13.2. The van der Waals surface area contributed by atoms with Crippen molar-refractivity contribution < 1.29 is 13.9 Å². The number of benzene rings is 1. The molecule has 2 saturated heterocycles. The van der Waals surface area contributed by atoms with Gasteiger partial charge in [-0.05, 0) is 64.6 Å². The first-order valence-electron chi connectivity index (χ1n) is 9.98. The van der Waals surface area contributed by atoms with E-state index in [1.807, 2.05) is 20.8 Å². The number of ether oxygens (including phenoxy) is 1. The second-order valence-electron chi connectivity index (χ2n) is 8.95. The fraction of sp³-hybridized carbons (Fsp3) is 0.667. The Kier molecular flexibility index (Phi) is 6.14. The summed E-state index contributed by atoms with van der Waals surface area (Å²) in [6.45, 7) is 9.00. The number of carbonyl (C=O) groups is 1. The minimum absolute atomic E-state index is 0.0240. The van der Waals surface area contributed by atoms with Crippen molar-refractivity contribution in [1.82, 2.24) is 9.80 Å². The van der Waals surface area contributed by atoms with Crippen LogP contribution in [-0.4, -0.2) is 37.9 Å². The highest BCUT2D eigenvalue weighted by Gasteiger charge is 2.47. The van der Waals surface area contributed by atoms with E-state index >= 15 is 0 Å². The number of hydrogen-bond donors (Lipinski definition) is 1. The van der Waals surface area contributed by atoms with Crippen molar-refractivity contribution >= 4 is 23.4 Å². The average molecular weight is 398 g/mol. The fourth-order valence-electron chi connectivity index (χ4n) is 4.50. The highest BCUT2D eigenvalue weighted by atomic mass is 35.5. The molecule has 1 aromatic carbocycles. The first kappa shape index (κ1) is 20.6. The summed E-state index contributed by atoms with van der Waals surface area (Å²) in [7, 11) is 0. The number of nitrogens with one attached hydrogen (secondary N) is 1. The third kappa shape index (κ3) is 4.82. The summed E-state index contributed by atoms with van der Waals surface area (Å²) in [6, 6.07) is 4.42. The van der Waals surface area contributed by atoms with Gasteiger partial charge in [0.2, 0.25) is 0 Å². The largest absolute Gasteiger partial charge is 0.521 e. The van der Waals surface area contributed by atoms with Gasteiger partial charge in [0.05, 0.1) is 13.1 Å². The van der Waals surface area contributed by atoms with E-state index in [2.05, 4.69) is 5.32 Å². The third-order valence-electron chi connectivity index (χ3n) is 5.90. The Labute approximate surface area is 166 Å². The van der Waals surface area contributed by atoms with Crippen LogP contribution in [0.2, 0.25) is 5.02 Å². The molecular formula is C21H31ClFN2O2+. The highest BCUT2D eigenvalue weighted by Crippen LogP contribution is 2.39. The van der Waals surface area contributed by atoms with Crippen LogP contribution in [-0.2, 0) is 4.74 Å². The van der Waals surface area contributed by atoms with Gasteiger partial charge < -0.3 is 10.1 Å². The van der Waals surface area contributed by atoms with E-state index in [0.717, 1.165) is 25.9 Å². The molecule has 27 heavy (non-hydrogen) atoms. The fourth-order valence-corrected chi connectivity index (χ4v) is 4.71. The molecule has 6 heteroatoms. The van der Waals surface area contributed by atoms with Gasteiger partial charge in [-0.25, -0.2) is 4.39 Å². The molecule has 2 aliphatic heterocycles. The molecule has 1 amide bonds. The van der Waals surface area contributed by atoms with Crippen LogP contribution in [0.3, 0.4) is 0 Å². The molecular weight excluding hydrogens is 367 g/mol. The molecule has 150 valence electrons. The molecule has 4 nitrogen and oxygen atoms in total. The van der Waals surface area contributed by atoms with E-state index in [-0.39, 0.29) is 10.6 Å². The minimum atomic E-state index is -0.592. The Hall–Kier alpha value is -1.17. The van der Waals surface area contributed by atoms with Crippen LogP contribution in [0.4, 0.5) is 14.9 Å². The number of carbonyl (C=O) groups excluding carboxylic acids is 1. The van der Waals surface area contributed by atoms with Gasteiger partial charge in [-0.1, -0.05) is 11.6 Å². The molecule has 0 unspecified atom stereocenters. The third-order valence-corrected chi connectivity index (χ3v) is 6.12. The maximum atomic E-state index is 14.1. The van der Waals surface area contributed by atoms with Gasteiger partial charge in [0.1, 0.15) is 17.1 Å². The zero-order valence-corrected chi connectivity index (χ0v) is 17.3. The maximum absolute atomic E-state index is 14.1. The standard InChI is InChI=1S/C21H31ClFN2O2/c1-21(2,3)27-20(26)25(19-13-17(22)12-18(23)14-19)10-6-16(7-11-25)15-4-8-24-9-5-15/h12-16,24H,4-11H2,1-3H3/q+1. The number of piperidine rings is 2. The molecule has 0 spiro atoms. The molecule has 2 fully saturated rings. The van der Waals surface area contributed by atoms with Crippen LogP contribution in [0.15, 0.2) is 18.2 Å². The number of nitrogens with zero attached hydrogens (tertiary/aromatic N) is 1. The molecule has 1 aromatic rings. The second-order valence-corrected chi connectivity index (χ2v) is 9.38. The van der Waals surface area contributed by atoms with Crippen LogP contribution >= 0.6 is 11.6 Å². The van der Waals surface area contributed by atoms with Gasteiger partial charge in [0.15, 0.2) is 0 Å². The first-order valence-corrected chi connectivity index (χ1v) is 10.4. The lowest BCUT2D eigenvalue weighted by Gasteiger charge is -2.43. The van der Waals surface area contributed by atoms with Crippen LogP contribution in [0.5, 0.6) is 0 Å². The van der Waals surface area contributed by atoms with Crippen molar-refractivity contribution in [3.8, 4) is 0 Å². The summed E-state index contributed by atoms with van der Waals surface area (Å²) in [6.07, 6.45) is 3.97. The predicted octanol–water partition coefficient (Wildman–Crippen LogP) is 5.13. The van der Waals surface area contributed by atoms with E-state index in [0.29, 0.717) is 35.6 Å². The Morgan fingerprint density at radius 1 is 1.11 bits per heavy atom. The topological polar surface area (TPSA) is 38.3 Å². The maximum Gasteiger partial charge on any atom is 0.521 e. The summed E-state index contributed by atoms with van der Waals surface area (Å²) >= 11 is 6.11. The number of quaternary nitrogens is 1. The highest BCUT2D eigenvalue weighted by molar-refractivity contribution is 6.30. The number of likely N-dealkylation sites (tertiary alicyclic amines) is 1. The lowest BCUT2D eigenvalue weighted by molar-refractivity contribution is 0.0165. The monoisotopic (exact) mass is 397 g/mol. The molecule has 0 bridgehead atoms. The number of halogens is 2. The summed E-state index contributed by atoms with van der Waals surface area (Å²) in [5.41, 5.74) is 0.00346. The van der Waals surface area contributed by atoms with Crippen LogP contribution < -0.4 is 9.80 Å². The first-order chi connectivity index (χ1) is 12.7. The van der Waals surface area contributed by atoms with Crippen molar-refractivity contribution in [1.29, 1.82) is 0 Å². The lowest BCUT2D eigenvalue weighted by Crippen LogP contribution is -2.60. The SMILES string of the molecule is CC(C)(C)OC(=O)[N+]1(c2cc(F)cc(Cl)c2)CCC(C2CCNCC2)CC1. The van der Waals surface area contributed by atoms with E-state index in [1.165, 1.54) is 25.0 Å². The lowest BCUT2D eigenvalue weighted by atomic mass is 9.78. The van der Waals surface area contributed by atoms with Gasteiger partial charge in [-0.2, -0.15) is 9.28 Å². The van der Waals surface area contributed by atoms with E-state index in [9.17, 15) is 9.18 Å². The normalized spacial score (nSPS) is 27.4. The quantitative estimate of drug-likeness (QED) is 0.703. The number of hydrogen-bond acceptors (Lipinski definition) is 3. The Morgan fingerprint density at radius 2 is 1.70 bits per heavy atom.